The van der Waals surface area contributed by atoms with Crippen LogP contribution >= 0.6 is 0 Å². The maximum absolute atomic E-state index is 5.73. The number of pyridine rings is 4. The van der Waals surface area contributed by atoms with E-state index in [1.807, 2.05) is 54.7 Å². The van der Waals surface area contributed by atoms with E-state index in [0.717, 1.165) is 33.2 Å². The van der Waals surface area contributed by atoms with Crippen LogP contribution < -0.4 is 4.74 Å². The molecule has 0 unspecified atom stereocenters. The molecule has 160 valence electrons. The molecule has 5 heterocycles. The molecule has 0 aliphatic rings. The predicted molar refractivity (Wildman–Crippen MR) is 122 cm³/mol. The third kappa shape index (κ3) is 3.90. The summed E-state index contributed by atoms with van der Waals surface area (Å²) in [7, 11) is 0. The van der Waals surface area contributed by atoms with Crippen molar-refractivity contribution in [3.05, 3.63) is 104 Å². The Bertz CT molecular complexity index is 1550. The number of ether oxygens (including phenoxy) is 1. The van der Waals surface area contributed by atoms with Gasteiger partial charge in [-0.15, -0.1) is 0 Å². The van der Waals surface area contributed by atoms with Crippen molar-refractivity contribution in [1.82, 2.24) is 24.5 Å². The summed E-state index contributed by atoms with van der Waals surface area (Å²) in [6.07, 6.45) is 6.99. The van der Waals surface area contributed by atoms with Crippen molar-refractivity contribution in [2.75, 3.05) is 0 Å². The number of nitrogens with zero attached hydrogens (tertiary/aromatic N) is 5. The zero-order chi connectivity index (χ0) is 21.3. The second-order valence-electron chi connectivity index (χ2n) is 7.09. The molecule has 0 aliphatic carbocycles. The third-order valence-corrected chi connectivity index (χ3v) is 5.12. The smallest absolute Gasteiger partial charge is 0.434 e. The number of aromatic nitrogens is 5. The van der Waals surface area contributed by atoms with Crippen molar-refractivity contribution >= 4 is 21.8 Å². The van der Waals surface area contributed by atoms with E-state index in [9.17, 15) is 0 Å². The normalized spacial score (nSPS) is 10.8. The molecule has 0 aliphatic heterocycles. The summed E-state index contributed by atoms with van der Waals surface area (Å²) in [4.78, 5) is 17.6. The van der Waals surface area contributed by atoms with Gasteiger partial charge in [0, 0.05) is 24.0 Å². The first-order valence-corrected chi connectivity index (χ1v) is 10.1. The van der Waals surface area contributed by atoms with Crippen molar-refractivity contribution in [1.29, 1.82) is 0 Å². The van der Waals surface area contributed by atoms with Gasteiger partial charge in [0.25, 0.3) is 0 Å². The fourth-order valence-electron chi connectivity index (χ4n) is 3.72. The SMILES string of the molecule is [Pt+2].[c-]1c(-c2[c-]c3c(cn2)c2ccccc2n3-c2ccccn2)ccnc1Oc1ccccn1. The number of rotatable bonds is 4. The molecule has 0 saturated carbocycles. The van der Waals surface area contributed by atoms with Crippen LogP contribution in [-0.2, 0) is 21.1 Å². The molecule has 0 fully saturated rings. The van der Waals surface area contributed by atoms with Gasteiger partial charge in [0.1, 0.15) is 11.7 Å². The fourth-order valence-corrected chi connectivity index (χ4v) is 3.72. The molecule has 6 rings (SSSR count). The molecule has 7 heteroatoms. The van der Waals surface area contributed by atoms with Crippen LogP contribution in [0.1, 0.15) is 0 Å². The van der Waals surface area contributed by atoms with Gasteiger partial charge in [-0.25, -0.2) is 15.0 Å². The molecule has 0 amide bonds. The van der Waals surface area contributed by atoms with Crippen LogP contribution in [0.15, 0.2) is 91.5 Å². The second kappa shape index (κ2) is 8.92. The first-order valence-electron chi connectivity index (χ1n) is 10.1. The van der Waals surface area contributed by atoms with Crippen molar-refractivity contribution < 1.29 is 25.8 Å². The number of hydrogen-bond acceptors (Lipinski definition) is 5. The molecule has 6 aromatic rings. The van der Waals surface area contributed by atoms with Gasteiger partial charge in [0.15, 0.2) is 0 Å². The van der Waals surface area contributed by atoms with Gasteiger partial charge in [0.2, 0.25) is 5.88 Å². The largest absolute Gasteiger partial charge is 2.00 e. The van der Waals surface area contributed by atoms with Gasteiger partial charge < -0.3 is 14.3 Å². The maximum atomic E-state index is 5.73. The van der Waals surface area contributed by atoms with E-state index in [-0.39, 0.29) is 21.1 Å². The molecule has 0 atom stereocenters. The van der Waals surface area contributed by atoms with Gasteiger partial charge in [-0.05, 0) is 42.0 Å². The summed E-state index contributed by atoms with van der Waals surface area (Å²) in [6.45, 7) is 0. The summed E-state index contributed by atoms with van der Waals surface area (Å²) < 4.78 is 7.83. The Labute approximate surface area is 204 Å². The zero-order valence-electron chi connectivity index (χ0n) is 17.1. The summed E-state index contributed by atoms with van der Waals surface area (Å²) >= 11 is 0. The van der Waals surface area contributed by atoms with Crippen LogP contribution in [0, 0.1) is 12.1 Å². The predicted octanol–water partition coefficient (Wildman–Crippen LogP) is 5.42. The van der Waals surface area contributed by atoms with Gasteiger partial charge in [-0.2, -0.15) is 23.9 Å². The summed E-state index contributed by atoms with van der Waals surface area (Å²) in [5.74, 6) is 1.60. The monoisotopic (exact) mass is 608 g/mol. The van der Waals surface area contributed by atoms with Crippen LogP contribution in [0.4, 0.5) is 0 Å². The number of benzene rings is 1. The Hall–Kier alpha value is -3.89. The minimum absolute atomic E-state index is 0. The van der Waals surface area contributed by atoms with Crippen molar-refractivity contribution in [3.63, 3.8) is 0 Å². The fraction of sp³-hybridized carbons (Fsp3) is 0. The van der Waals surface area contributed by atoms with E-state index >= 15 is 0 Å². The molecular weight excluding hydrogens is 593 g/mol. The number of hydrogen-bond donors (Lipinski definition) is 0. The van der Waals surface area contributed by atoms with Crippen LogP contribution in [0.25, 0.3) is 38.9 Å². The van der Waals surface area contributed by atoms with Crippen LogP contribution in [0.3, 0.4) is 0 Å². The quantitative estimate of drug-likeness (QED) is 0.250. The minimum Gasteiger partial charge on any atom is -0.434 e. The Morgan fingerprint density at radius 3 is 2.33 bits per heavy atom. The maximum Gasteiger partial charge on any atom is 2.00 e. The average Bonchev–Trinajstić information content (AvgIpc) is 3.19. The Morgan fingerprint density at radius 2 is 1.52 bits per heavy atom. The molecule has 0 bridgehead atoms. The Balaban J connectivity index is 0.00000228. The molecule has 6 nitrogen and oxygen atoms in total. The van der Waals surface area contributed by atoms with Crippen molar-refractivity contribution in [3.8, 4) is 28.8 Å². The number of para-hydroxylation sites is 1. The number of fused-ring (bicyclic) bond motifs is 3. The van der Waals surface area contributed by atoms with E-state index in [4.69, 9.17) is 4.74 Å². The molecule has 1 aromatic carbocycles. The second-order valence-corrected chi connectivity index (χ2v) is 7.09. The molecule has 0 N–H and O–H groups in total. The van der Waals surface area contributed by atoms with Crippen LogP contribution in [-0.4, -0.2) is 24.5 Å². The minimum atomic E-state index is 0. The molecular formula is C26H15N5OPt. The summed E-state index contributed by atoms with van der Waals surface area (Å²) in [5, 5.41) is 2.11. The Morgan fingerprint density at radius 1 is 0.697 bits per heavy atom. The zero-order valence-corrected chi connectivity index (χ0v) is 19.4. The first-order chi connectivity index (χ1) is 15.9. The van der Waals surface area contributed by atoms with Crippen LogP contribution in [0.5, 0.6) is 11.8 Å². The Kier molecular flexibility index (Phi) is 5.67. The topological polar surface area (TPSA) is 65.7 Å². The van der Waals surface area contributed by atoms with Crippen molar-refractivity contribution in [2.24, 2.45) is 0 Å². The van der Waals surface area contributed by atoms with Gasteiger partial charge in [-0.3, -0.25) is 5.56 Å². The van der Waals surface area contributed by atoms with Gasteiger partial charge in [-0.1, -0.05) is 41.2 Å². The third-order valence-electron chi connectivity index (χ3n) is 5.12. The standard InChI is InChI=1S/C26H15N5O.Pt/c1-2-8-22-19(7-1)20-17-30-21(16-23(20)31(22)24-9-3-5-12-27-24)18-11-14-29-26(15-18)32-25-10-4-6-13-28-25;/h1-14,17H;/q-2;+2. The molecule has 33 heavy (non-hydrogen) atoms. The van der Waals surface area contributed by atoms with E-state index in [2.05, 4.69) is 48.8 Å². The molecule has 0 radical (unpaired) electrons. The van der Waals surface area contributed by atoms with Crippen molar-refractivity contribution in [2.45, 2.75) is 0 Å². The van der Waals surface area contributed by atoms with E-state index < -0.39 is 0 Å². The molecule has 0 spiro atoms. The summed E-state index contributed by atoms with van der Waals surface area (Å²) in [6, 6.07) is 28.0. The molecule has 0 saturated heterocycles. The van der Waals surface area contributed by atoms with Gasteiger partial charge in [0.05, 0.1) is 0 Å². The van der Waals surface area contributed by atoms with Crippen LogP contribution in [0.2, 0.25) is 0 Å². The van der Waals surface area contributed by atoms with Gasteiger partial charge >= 0.3 is 21.1 Å². The first kappa shape index (κ1) is 21.0. The molecule has 5 aromatic heterocycles. The summed E-state index contributed by atoms with van der Waals surface area (Å²) in [5.41, 5.74) is 3.32. The van der Waals surface area contributed by atoms with E-state index in [0.29, 0.717) is 17.5 Å². The van der Waals surface area contributed by atoms with E-state index in [1.54, 1.807) is 24.7 Å². The average molecular weight is 609 g/mol. The van der Waals surface area contributed by atoms with E-state index in [1.165, 1.54) is 0 Å².